The molecule has 0 radical (unpaired) electrons. The molecule has 0 unspecified atom stereocenters. The first-order chi connectivity index (χ1) is 7.58. The van der Waals surface area contributed by atoms with Gasteiger partial charge < -0.3 is 9.84 Å². The molecule has 86 valence electrons. The van der Waals surface area contributed by atoms with Gasteiger partial charge in [0.15, 0.2) is 0 Å². The number of benzene rings is 1. The van der Waals surface area contributed by atoms with Crippen LogP contribution in [0.1, 0.15) is 19.3 Å². The van der Waals surface area contributed by atoms with E-state index >= 15 is 0 Å². The summed E-state index contributed by atoms with van der Waals surface area (Å²) in [5.74, 6) is -0.858. The van der Waals surface area contributed by atoms with E-state index in [4.69, 9.17) is 9.84 Å². The van der Waals surface area contributed by atoms with Crippen LogP contribution in [0.4, 0.5) is 0 Å². The van der Waals surface area contributed by atoms with Gasteiger partial charge in [-0.3, -0.25) is 9.59 Å². The first-order valence-corrected chi connectivity index (χ1v) is 5.55. The number of halogens is 1. The number of carbonyl (C=O) groups is 2. The van der Waals surface area contributed by atoms with Crippen LogP contribution in [0.5, 0.6) is 5.75 Å². The predicted octanol–water partition coefficient (Wildman–Crippen LogP) is 2.61. The van der Waals surface area contributed by atoms with E-state index in [9.17, 15) is 9.59 Å². The van der Waals surface area contributed by atoms with Gasteiger partial charge in [-0.2, -0.15) is 0 Å². The number of hydrogen-bond acceptors (Lipinski definition) is 3. The van der Waals surface area contributed by atoms with Crippen LogP contribution in [0.25, 0.3) is 0 Å². The molecular formula is C11H11BrO4. The largest absolute Gasteiger partial charge is 0.481 e. The van der Waals surface area contributed by atoms with Gasteiger partial charge in [0.1, 0.15) is 5.75 Å². The highest BCUT2D eigenvalue weighted by Gasteiger charge is 2.06. The number of carboxylic acid groups (broad SMARTS) is 1. The van der Waals surface area contributed by atoms with Crippen molar-refractivity contribution in [1.29, 1.82) is 0 Å². The number of ether oxygens (including phenoxy) is 1. The van der Waals surface area contributed by atoms with Crippen molar-refractivity contribution >= 4 is 27.9 Å². The zero-order valence-corrected chi connectivity index (χ0v) is 10.1. The molecule has 4 nitrogen and oxygen atoms in total. The minimum atomic E-state index is -0.906. The summed E-state index contributed by atoms with van der Waals surface area (Å²) >= 11 is 3.26. The Morgan fingerprint density at radius 1 is 1.19 bits per heavy atom. The van der Waals surface area contributed by atoms with Crippen molar-refractivity contribution in [2.45, 2.75) is 19.3 Å². The molecule has 0 saturated carbocycles. The van der Waals surface area contributed by atoms with E-state index in [0.29, 0.717) is 12.2 Å². The normalized spacial score (nSPS) is 9.81. The lowest BCUT2D eigenvalue weighted by Gasteiger charge is -2.03. The summed E-state index contributed by atoms with van der Waals surface area (Å²) in [5.41, 5.74) is 0. The van der Waals surface area contributed by atoms with Gasteiger partial charge in [-0.1, -0.05) is 15.9 Å². The Morgan fingerprint density at radius 2 is 1.81 bits per heavy atom. The Labute approximate surface area is 101 Å². The Balaban J connectivity index is 2.34. The molecule has 0 aliphatic rings. The van der Waals surface area contributed by atoms with Crippen molar-refractivity contribution in [2.24, 2.45) is 0 Å². The van der Waals surface area contributed by atoms with Crippen LogP contribution in [0.15, 0.2) is 28.7 Å². The maximum Gasteiger partial charge on any atom is 0.311 e. The van der Waals surface area contributed by atoms with Crippen molar-refractivity contribution in [3.8, 4) is 5.75 Å². The molecule has 0 saturated heterocycles. The standard InChI is InChI=1S/C11H11BrO4/c12-8-4-6-9(7-5-8)16-11(15)3-1-2-10(13)14/h4-7H,1-3H2,(H,13,14). The summed E-state index contributed by atoms with van der Waals surface area (Å²) in [6, 6.07) is 6.86. The Kier molecular flexibility index (Phi) is 4.98. The highest BCUT2D eigenvalue weighted by atomic mass is 79.9. The topological polar surface area (TPSA) is 63.6 Å². The van der Waals surface area contributed by atoms with Crippen molar-refractivity contribution in [2.75, 3.05) is 0 Å². The van der Waals surface area contributed by atoms with Crippen molar-refractivity contribution in [1.82, 2.24) is 0 Å². The van der Waals surface area contributed by atoms with Gasteiger partial charge in [-0.05, 0) is 30.7 Å². The van der Waals surface area contributed by atoms with Crippen LogP contribution in [0.3, 0.4) is 0 Å². The van der Waals surface area contributed by atoms with Gasteiger partial charge in [0.2, 0.25) is 0 Å². The first kappa shape index (κ1) is 12.7. The van der Waals surface area contributed by atoms with Crippen LogP contribution >= 0.6 is 15.9 Å². The van der Waals surface area contributed by atoms with Gasteiger partial charge in [0, 0.05) is 17.3 Å². The van der Waals surface area contributed by atoms with Crippen LogP contribution in [0, 0.1) is 0 Å². The monoisotopic (exact) mass is 286 g/mol. The molecule has 0 fully saturated rings. The molecule has 0 aliphatic carbocycles. The van der Waals surface area contributed by atoms with Crippen LogP contribution < -0.4 is 4.74 Å². The van der Waals surface area contributed by atoms with E-state index < -0.39 is 11.9 Å². The molecule has 0 spiro atoms. The lowest BCUT2D eigenvalue weighted by Crippen LogP contribution is -2.08. The third kappa shape index (κ3) is 4.93. The fourth-order valence-corrected chi connectivity index (χ4v) is 1.33. The first-order valence-electron chi connectivity index (χ1n) is 4.76. The number of aliphatic carboxylic acids is 1. The van der Waals surface area contributed by atoms with Gasteiger partial charge in [-0.15, -0.1) is 0 Å². The molecule has 0 atom stereocenters. The van der Waals surface area contributed by atoms with Crippen molar-refractivity contribution in [3.63, 3.8) is 0 Å². The third-order valence-electron chi connectivity index (χ3n) is 1.82. The fraction of sp³-hybridized carbons (Fsp3) is 0.273. The minimum Gasteiger partial charge on any atom is -0.481 e. The molecule has 16 heavy (non-hydrogen) atoms. The van der Waals surface area contributed by atoms with E-state index in [-0.39, 0.29) is 12.8 Å². The summed E-state index contributed by atoms with van der Waals surface area (Å²) in [7, 11) is 0. The maximum absolute atomic E-state index is 11.3. The SMILES string of the molecule is O=C(O)CCCC(=O)Oc1ccc(Br)cc1. The number of hydrogen-bond donors (Lipinski definition) is 1. The molecule has 0 bridgehead atoms. The number of esters is 1. The average Bonchev–Trinajstić information content (AvgIpc) is 2.21. The van der Waals surface area contributed by atoms with E-state index in [1.54, 1.807) is 24.3 Å². The van der Waals surface area contributed by atoms with Crippen molar-refractivity contribution in [3.05, 3.63) is 28.7 Å². The van der Waals surface area contributed by atoms with E-state index in [1.807, 2.05) is 0 Å². The average molecular weight is 287 g/mol. The predicted molar refractivity (Wildman–Crippen MR) is 61.3 cm³/mol. The van der Waals surface area contributed by atoms with E-state index in [0.717, 1.165) is 4.47 Å². The summed E-state index contributed by atoms with van der Waals surface area (Å²) < 4.78 is 5.90. The second kappa shape index (κ2) is 6.27. The lowest BCUT2D eigenvalue weighted by atomic mass is 10.2. The molecule has 1 rings (SSSR count). The second-order valence-electron chi connectivity index (χ2n) is 3.18. The number of carbonyl (C=O) groups excluding carboxylic acids is 1. The van der Waals surface area contributed by atoms with E-state index in [1.165, 1.54) is 0 Å². The molecular weight excluding hydrogens is 276 g/mol. The lowest BCUT2D eigenvalue weighted by molar-refractivity contribution is -0.137. The van der Waals surface area contributed by atoms with Gasteiger partial charge in [0.25, 0.3) is 0 Å². The van der Waals surface area contributed by atoms with Crippen LogP contribution in [-0.4, -0.2) is 17.0 Å². The maximum atomic E-state index is 11.3. The molecule has 0 heterocycles. The molecule has 0 amide bonds. The molecule has 1 aromatic rings. The second-order valence-corrected chi connectivity index (χ2v) is 4.09. The summed E-state index contributed by atoms with van der Waals surface area (Å²) in [4.78, 5) is 21.5. The molecule has 1 aromatic carbocycles. The molecule has 0 aromatic heterocycles. The number of carboxylic acids is 1. The van der Waals surface area contributed by atoms with E-state index in [2.05, 4.69) is 15.9 Å². The molecule has 0 aliphatic heterocycles. The van der Waals surface area contributed by atoms with Gasteiger partial charge in [0.05, 0.1) is 0 Å². The number of rotatable bonds is 5. The highest BCUT2D eigenvalue weighted by Crippen LogP contribution is 2.16. The van der Waals surface area contributed by atoms with Gasteiger partial charge in [-0.25, -0.2) is 0 Å². The quantitative estimate of drug-likeness (QED) is 0.668. The zero-order chi connectivity index (χ0) is 12.0. The summed E-state index contributed by atoms with van der Waals surface area (Å²) in [6.45, 7) is 0. The van der Waals surface area contributed by atoms with Crippen LogP contribution in [-0.2, 0) is 9.59 Å². The Morgan fingerprint density at radius 3 is 2.38 bits per heavy atom. The third-order valence-corrected chi connectivity index (χ3v) is 2.35. The molecule has 1 N–H and O–H groups in total. The van der Waals surface area contributed by atoms with Gasteiger partial charge >= 0.3 is 11.9 Å². The summed E-state index contributed by atoms with van der Waals surface area (Å²) in [5, 5.41) is 8.39. The molecule has 5 heteroatoms. The fourth-order valence-electron chi connectivity index (χ4n) is 1.07. The minimum absolute atomic E-state index is 0.0184. The Bertz CT molecular complexity index is 372. The van der Waals surface area contributed by atoms with Crippen molar-refractivity contribution < 1.29 is 19.4 Å². The zero-order valence-electron chi connectivity index (χ0n) is 8.48. The summed E-state index contributed by atoms with van der Waals surface area (Å²) in [6.07, 6.45) is 0.391. The Hall–Kier alpha value is -1.36. The smallest absolute Gasteiger partial charge is 0.311 e. The highest BCUT2D eigenvalue weighted by molar-refractivity contribution is 9.10. The van der Waals surface area contributed by atoms with Crippen LogP contribution in [0.2, 0.25) is 0 Å².